The summed E-state index contributed by atoms with van der Waals surface area (Å²) >= 11 is 0. The Morgan fingerprint density at radius 3 is 2.74 bits per heavy atom. The average Bonchev–Trinajstić information content (AvgIpc) is 2.37. The van der Waals surface area contributed by atoms with E-state index in [9.17, 15) is 13.2 Å². The van der Waals surface area contributed by atoms with Gasteiger partial charge in [-0.25, -0.2) is 0 Å². The topological polar surface area (TPSA) is 39.1 Å². The van der Waals surface area contributed by atoms with Crippen molar-refractivity contribution >= 4 is 5.69 Å². The maximum atomic E-state index is 12.7. The first kappa shape index (κ1) is 13.7. The fraction of sp³-hybridized carbons (Fsp3) is 0.462. The lowest BCUT2D eigenvalue weighted by molar-refractivity contribution is -0.137. The number of halogens is 3. The van der Waals surface area contributed by atoms with E-state index >= 15 is 0 Å². The molecule has 1 aromatic carbocycles. The molecule has 1 atom stereocenters. The molecule has 2 rings (SSSR count). The smallest absolute Gasteiger partial charge is 0.366 e. The van der Waals surface area contributed by atoms with Gasteiger partial charge in [0.1, 0.15) is 0 Å². The maximum Gasteiger partial charge on any atom is 0.417 e. The minimum absolute atomic E-state index is 0.192. The zero-order chi connectivity index (χ0) is 14.0. The van der Waals surface area contributed by atoms with E-state index in [0.29, 0.717) is 5.69 Å². The van der Waals surface area contributed by atoms with Gasteiger partial charge in [-0.05, 0) is 25.1 Å². The minimum Gasteiger partial charge on any atom is -0.366 e. The summed E-state index contributed by atoms with van der Waals surface area (Å²) in [6.07, 6.45) is -4.49. The van der Waals surface area contributed by atoms with Gasteiger partial charge in [-0.15, -0.1) is 0 Å². The Bertz CT molecular complexity index is 505. The van der Waals surface area contributed by atoms with Crippen LogP contribution in [0.15, 0.2) is 18.2 Å². The van der Waals surface area contributed by atoms with Crippen molar-refractivity contribution in [3.8, 4) is 6.07 Å². The molecule has 1 fully saturated rings. The highest BCUT2D eigenvalue weighted by molar-refractivity contribution is 5.56. The van der Waals surface area contributed by atoms with E-state index < -0.39 is 11.7 Å². The number of alkyl halides is 3. The SMILES string of the molecule is CC1CNCCN1c1ccc(C(F)(F)F)c(C#N)c1. The van der Waals surface area contributed by atoms with Crippen LogP contribution in [0.3, 0.4) is 0 Å². The average molecular weight is 269 g/mol. The van der Waals surface area contributed by atoms with E-state index in [2.05, 4.69) is 5.32 Å². The Kier molecular flexibility index (Phi) is 3.67. The predicted octanol–water partition coefficient (Wildman–Crippen LogP) is 2.38. The van der Waals surface area contributed by atoms with E-state index in [0.717, 1.165) is 25.7 Å². The van der Waals surface area contributed by atoms with Gasteiger partial charge in [0.05, 0.1) is 17.2 Å². The highest BCUT2D eigenvalue weighted by Gasteiger charge is 2.34. The van der Waals surface area contributed by atoms with Gasteiger partial charge in [0, 0.05) is 31.4 Å². The van der Waals surface area contributed by atoms with Crippen LogP contribution in [0.2, 0.25) is 0 Å². The number of hydrogen-bond acceptors (Lipinski definition) is 3. The van der Waals surface area contributed by atoms with Gasteiger partial charge < -0.3 is 10.2 Å². The third-order valence-electron chi connectivity index (χ3n) is 3.26. The van der Waals surface area contributed by atoms with E-state index in [4.69, 9.17) is 5.26 Å². The van der Waals surface area contributed by atoms with Crippen molar-refractivity contribution < 1.29 is 13.2 Å². The summed E-state index contributed by atoms with van der Waals surface area (Å²) in [5.74, 6) is 0. The standard InChI is InChI=1S/C13H14F3N3/c1-9-8-18-4-5-19(9)11-2-3-12(13(14,15)16)10(6-11)7-17/h2-3,6,9,18H,4-5,8H2,1H3. The zero-order valence-electron chi connectivity index (χ0n) is 10.5. The molecular formula is C13H14F3N3. The molecule has 6 heteroatoms. The van der Waals surface area contributed by atoms with Gasteiger partial charge in [0.15, 0.2) is 0 Å². The number of anilines is 1. The summed E-state index contributed by atoms with van der Waals surface area (Å²) in [5, 5.41) is 12.1. The summed E-state index contributed by atoms with van der Waals surface area (Å²) in [6, 6.07) is 5.57. The number of rotatable bonds is 1. The lowest BCUT2D eigenvalue weighted by Crippen LogP contribution is -2.49. The van der Waals surface area contributed by atoms with Gasteiger partial charge in [-0.1, -0.05) is 0 Å². The van der Waals surface area contributed by atoms with E-state index in [1.54, 1.807) is 6.07 Å². The third-order valence-corrected chi connectivity index (χ3v) is 3.26. The van der Waals surface area contributed by atoms with E-state index in [1.165, 1.54) is 12.1 Å². The Morgan fingerprint density at radius 1 is 1.42 bits per heavy atom. The van der Waals surface area contributed by atoms with Crippen LogP contribution in [0.5, 0.6) is 0 Å². The monoisotopic (exact) mass is 269 g/mol. The molecule has 0 spiro atoms. The molecule has 3 nitrogen and oxygen atoms in total. The van der Waals surface area contributed by atoms with Crippen molar-refractivity contribution in [1.82, 2.24) is 5.32 Å². The number of benzene rings is 1. The summed E-state index contributed by atoms with van der Waals surface area (Å²) in [7, 11) is 0. The molecule has 0 amide bonds. The van der Waals surface area contributed by atoms with Gasteiger partial charge in [-0.3, -0.25) is 0 Å². The van der Waals surface area contributed by atoms with Crippen molar-refractivity contribution in [1.29, 1.82) is 5.26 Å². The lowest BCUT2D eigenvalue weighted by atomic mass is 10.1. The molecule has 19 heavy (non-hydrogen) atoms. The molecule has 1 aliphatic heterocycles. The summed E-state index contributed by atoms with van der Waals surface area (Å²) < 4.78 is 38.1. The molecule has 0 bridgehead atoms. The molecule has 0 aromatic heterocycles. The predicted molar refractivity (Wildman–Crippen MR) is 65.8 cm³/mol. The van der Waals surface area contributed by atoms with Crippen molar-refractivity contribution in [2.24, 2.45) is 0 Å². The number of piperazine rings is 1. The van der Waals surface area contributed by atoms with Crippen LogP contribution in [-0.4, -0.2) is 25.7 Å². The van der Waals surface area contributed by atoms with Crippen molar-refractivity contribution in [2.75, 3.05) is 24.5 Å². The van der Waals surface area contributed by atoms with Gasteiger partial charge >= 0.3 is 6.18 Å². The van der Waals surface area contributed by atoms with Crippen LogP contribution < -0.4 is 10.2 Å². The highest BCUT2D eigenvalue weighted by Crippen LogP contribution is 2.34. The Morgan fingerprint density at radius 2 is 2.16 bits per heavy atom. The Labute approximate surface area is 109 Å². The molecule has 1 N–H and O–H groups in total. The van der Waals surface area contributed by atoms with E-state index in [-0.39, 0.29) is 11.6 Å². The first-order valence-corrected chi connectivity index (χ1v) is 6.02. The largest absolute Gasteiger partial charge is 0.417 e. The van der Waals surface area contributed by atoms with Gasteiger partial charge in [0.2, 0.25) is 0 Å². The Balaban J connectivity index is 2.37. The fourth-order valence-corrected chi connectivity index (χ4v) is 2.28. The first-order valence-electron chi connectivity index (χ1n) is 6.02. The second-order valence-electron chi connectivity index (χ2n) is 4.59. The van der Waals surface area contributed by atoms with Crippen molar-refractivity contribution in [3.05, 3.63) is 29.3 Å². The molecule has 1 unspecified atom stereocenters. The molecule has 102 valence electrons. The fourth-order valence-electron chi connectivity index (χ4n) is 2.28. The maximum absolute atomic E-state index is 12.7. The molecule has 1 aliphatic rings. The van der Waals surface area contributed by atoms with Crippen LogP contribution in [0.25, 0.3) is 0 Å². The highest BCUT2D eigenvalue weighted by atomic mass is 19.4. The summed E-state index contributed by atoms with van der Waals surface area (Å²) in [5.41, 5.74) is -0.532. The van der Waals surface area contributed by atoms with Crippen LogP contribution in [0, 0.1) is 11.3 Å². The lowest BCUT2D eigenvalue weighted by Gasteiger charge is -2.36. The van der Waals surface area contributed by atoms with E-state index in [1.807, 2.05) is 11.8 Å². The summed E-state index contributed by atoms with van der Waals surface area (Å²) in [6.45, 7) is 4.28. The Hall–Kier alpha value is -1.74. The summed E-state index contributed by atoms with van der Waals surface area (Å²) in [4.78, 5) is 2.01. The normalized spacial score (nSPS) is 20.2. The molecule has 1 heterocycles. The first-order chi connectivity index (χ1) is 8.93. The van der Waals surface area contributed by atoms with Crippen LogP contribution in [-0.2, 0) is 6.18 Å². The van der Waals surface area contributed by atoms with Crippen LogP contribution in [0.1, 0.15) is 18.1 Å². The molecule has 0 saturated carbocycles. The quantitative estimate of drug-likeness (QED) is 0.850. The van der Waals surface area contributed by atoms with Crippen molar-refractivity contribution in [3.63, 3.8) is 0 Å². The molecule has 0 aliphatic carbocycles. The van der Waals surface area contributed by atoms with Crippen LogP contribution in [0.4, 0.5) is 18.9 Å². The third kappa shape index (κ3) is 2.82. The number of nitriles is 1. The molecule has 1 saturated heterocycles. The molecule has 1 aromatic rings. The second-order valence-corrected chi connectivity index (χ2v) is 4.59. The second kappa shape index (κ2) is 5.10. The van der Waals surface area contributed by atoms with Gasteiger partial charge in [0.25, 0.3) is 0 Å². The minimum atomic E-state index is -4.49. The van der Waals surface area contributed by atoms with Crippen molar-refractivity contribution in [2.45, 2.75) is 19.1 Å². The number of nitrogens with one attached hydrogen (secondary N) is 1. The van der Waals surface area contributed by atoms with Crippen LogP contribution >= 0.6 is 0 Å². The zero-order valence-corrected chi connectivity index (χ0v) is 10.5. The number of nitrogens with zero attached hydrogens (tertiary/aromatic N) is 2. The number of hydrogen-bond donors (Lipinski definition) is 1. The van der Waals surface area contributed by atoms with Gasteiger partial charge in [-0.2, -0.15) is 18.4 Å². The molecular weight excluding hydrogens is 255 g/mol. The molecule has 0 radical (unpaired) electrons.